The van der Waals surface area contributed by atoms with E-state index in [1.54, 1.807) is 23.1 Å². The van der Waals surface area contributed by atoms with Crippen molar-refractivity contribution in [3.05, 3.63) is 60.2 Å². The van der Waals surface area contributed by atoms with Gasteiger partial charge in [0.25, 0.3) is 0 Å². The summed E-state index contributed by atoms with van der Waals surface area (Å²) in [5.74, 6) is -1.35. The van der Waals surface area contributed by atoms with E-state index in [4.69, 9.17) is 0 Å². The molecule has 1 aliphatic rings. The van der Waals surface area contributed by atoms with Crippen LogP contribution in [0.1, 0.15) is 24.8 Å². The number of hydrogen-bond donors (Lipinski definition) is 2. The molecular formula is C20H21N3O3. The Labute approximate surface area is 152 Å². The van der Waals surface area contributed by atoms with Crippen LogP contribution in [0, 0.1) is 0 Å². The molecule has 26 heavy (non-hydrogen) atoms. The minimum absolute atomic E-state index is 0.0836. The highest BCUT2D eigenvalue weighted by Gasteiger charge is 2.20. The monoisotopic (exact) mass is 351 g/mol. The van der Waals surface area contributed by atoms with Gasteiger partial charge < -0.3 is 15.5 Å². The topological polar surface area (TPSA) is 78.5 Å². The molecule has 0 saturated carbocycles. The molecule has 2 aromatic rings. The fourth-order valence-electron chi connectivity index (χ4n) is 2.88. The molecule has 2 N–H and O–H groups in total. The van der Waals surface area contributed by atoms with E-state index in [-0.39, 0.29) is 12.5 Å². The van der Waals surface area contributed by atoms with E-state index < -0.39 is 11.8 Å². The number of nitrogens with zero attached hydrogens (tertiary/aromatic N) is 1. The van der Waals surface area contributed by atoms with Crippen molar-refractivity contribution in [2.45, 2.75) is 25.8 Å². The van der Waals surface area contributed by atoms with Crippen molar-refractivity contribution in [1.29, 1.82) is 0 Å². The molecule has 0 aromatic heterocycles. The first-order valence-electron chi connectivity index (χ1n) is 8.67. The fourth-order valence-corrected chi connectivity index (χ4v) is 2.88. The van der Waals surface area contributed by atoms with Crippen molar-refractivity contribution in [1.82, 2.24) is 5.32 Å². The van der Waals surface area contributed by atoms with Crippen LogP contribution in [0.5, 0.6) is 0 Å². The van der Waals surface area contributed by atoms with E-state index >= 15 is 0 Å². The number of carbonyl (C=O) groups excluding carboxylic acids is 3. The molecule has 3 amide bonds. The van der Waals surface area contributed by atoms with E-state index in [0.717, 1.165) is 24.1 Å². The van der Waals surface area contributed by atoms with Gasteiger partial charge in [0, 0.05) is 30.9 Å². The van der Waals surface area contributed by atoms with E-state index in [2.05, 4.69) is 10.6 Å². The van der Waals surface area contributed by atoms with Gasteiger partial charge in [-0.3, -0.25) is 14.4 Å². The lowest BCUT2D eigenvalue weighted by atomic mass is 10.1. The maximum absolute atomic E-state index is 12.1. The highest BCUT2D eigenvalue weighted by molar-refractivity contribution is 6.39. The predicted octanol–water partition coefficient (Wildman–Crippen LogP) is 2.46. The van der Waals surface area contributed by atoms with Gasteiger partial charge in [-0.05, 0) is 36.6 Å². The zero-order valence-electron chi connectivity index (χ0n) is 14.4. The molecule has 0 aliphatic carbocycles. The minimum atomic E-state index is -0.733. The number of anilines is 2. The maximum Gasteiger partial charge on any atom is 0.313 e. The summed E-state index contributed by atoms with van der Waals surface area (Å²) in [5, 5.41) is 5.17. The summed E-state index contributed by atoms with van der Waals surface area (Å²) in [6.45, 7) is 0.962. The van der Waals surface area contributed by atoms with Crippen molar-refractivity contribution in [3.63, 3.8) is 0 Å². The molecule has 3 rings (SSSR count). The second-order valence-corrected chi connectivity index (χ2v) is 6.18. The van der Waals surface area contributed by atoms with Gasteiger partial charge in [0.1, 0.15) is 0 Å². The van der Waals surface area contributed by atoms with Gasteiger partial charge in [0.2, 0.25) is 5.91 Å². The van der Waals surface area contributed by atoms with Crippen molar-refractivity contribution >= 4 is 29.1 Å². The number of hydrogen-bond acceptors (Lipinski definition) is 3. The van der Waals surface area contributed by atoms with Gasteiger partial charge in [0.15, 0.2) is 0 Å². The Hall–Kier alpha value is -3.15. The van der Waals surface area contributed by atoms with Gasteiger partial charge >= 0.3 is 11.8 Å². The molecule has 1 saturated heterocycles. The molecule has 0 bridgehead atoms. The lowest BCUT2D eigenvalue weighted by Gasteiger charge is -2.27. The zero-order chi connectivity index (χ0) is 18.4. The normalized spacial score (nSPS) is 14.0. The molecule has 134 valence electrons. The Morgan fingerprint density at radius 2 is 1.77 bits per heavy atom. The SMILES string of the molecule is O=C(NCc1ccccc1)C(=O)Nc1cccc(N2CCCCC2=O)c1. The van der Waals surface area contributed by atoms with Gasteiger partial charge in [-0.15, -0.1) is 0 Å². The molecule has 0 atom stereocenters. The Morgan fingerprint density at radius 1 is 0.962 bits per heavy atom. The predicted molar refractivity (Wildman–Crippen MR) is 99.6 cm³/mol. The van der Waals surface area contributed by atoms with E-state index in [1.165, 1.54) is 0 Å². The average Bonchev–Trinajstić information content (AvgIpc) is 2.67. The van der Waals surface area contributed by atoms with Crippen molar-refractivity contribution in [2.24, 2.45) is 0 Å². The zero-order valence-corrected chi connectivity index (χ0v) is 14.4. The number of piperidine rings is 1. The van der Waals surface area contributed by atoms with Crippen LogP contribution in [-0.4, -0.2) is 24.3 Å². The van der Waals surface area contributed by atoms with Crippen molar-refractivity contribution < 1.29 is 14.4 Å². The Kier molecular flexibility index (Phi) is 5.63. The van der Waals surface area contributed by atoms with Crippen LogP contribution in [-0.2, 0) is 20.9 Å². The van der Waals surface area contributed by atoms with Crippen LogP contribution in [0.4, 0.5) is 11.4 Å². The molecular weight excluding hydrogens is 330 g/mol. The average molecular weight is 351 g/mol. The standard InChI is InChI=1S/C20H21N3O3/c24-18-11-4-5-12-23(18)17-10-6-9-16(13-17)22-20(26)19(25)21-14-15-7-2-1-3-8-15/h1-3,6-10,13H,4-5,11-12,14H2,(H,21,25)(H,22,26). The molecule has 1 heterocycles. The first kappa shape index (κ1) is 17.7. The molecule has 0 unspecified atom stereocenters. The smallest absolute Gasteiger partial charge is 0.313 e. The summed E-state index contributed by atoms with van der Waals surface area (Å²) in [6.07, 6.45) is 2.41. The third-order valence-electron chi connectivity index (χ3n) is 4.24. The summed E-state index contributed by atoms with van der Waals surface area (Å²) in [5.41, 5.74) is 2.14. The summed E-state index contributed by atoms with van der Waals surface area (Å²) in [6, 6.07) is 16.4. The van der Waals surface area contributed by atoms with Gasteiger partial charge in [-0.25, -0.2) is 0 Å². The van der Waals surface area contributed by atoms with Gasteiger partial charge in [-0.2, -0.15) is 0 Å². The minimum Gasteiger partial charge on any atom is -0.344 e. The third-order valence-corrected chi connectivity index (χ3v) is 4.24. The molecule has 1 fully saturated rings. The number of benzene rings is 2. The number of amides is 3. The van der Waals surface area contributed by atoms with E-state index in [0.29, 0.717) is 18.7 Å². The lowest BCUT2D eigenvalue weighted by molar-refractivity contribution is -0.136. The second-order valence-electron chi connectivity index (χ2n) is 6.18. The van der Waals surface area contributed by atoms with Crippen LogP contribution in [0.3, 0.4) is 0 Å². The number of carbonyl (C=O) groups is 3. The maximum atomic E-state index is 12.1. The summed E-state index contributed by atoms with van der Waals surface area (Å²) in [4.78, 5) is 37.8. The summed E-state index contributed by atoms with van der Waals surface area (Å²) >= 11 is 0. The summed E-state index contributed by atoms with van der Waals surface area (Å²) in [7, 11) is 0. The van der Waals surface area contributed by atoms with Crippen LogP contribution < -0.4 is 15.5 Å². The first-order chi connectivity index (χ1) is 12.6. The van der Waals surface area contributed by atoms with Crippen LogP contribution in [0.25, 0.3) is 0 Å². The highest BCUT2D eigenvalue weighted by Crippen LogP contribution is 2.23. The van der Waals surface area contributed by atoms with Crippen molar-refractivity contribution in [3.8, 4) is 0 Å². The molecule has 6 nitrogen and oxygen atoms in total. The van der Waals surface area contributed by atoms with E-state index in [1.807, 2.05) is 36.4 Å². The van der Waals surface area contributed by atoms with E-state index in [9.17, 15) is 14.4 Å². The fraction of sp³-hybridized carbons (Fsp3) is 0.250. The second kappa shape index (κ2) is 8.29. The number of nitrogens with one attached hydrogen (secondary N) is 2. The quantitative estimate of drug-likeness (QED) is 0.831. The molecule has 1 aliphatic heterocycles. The first-order valence-corrected chi connectivity index (χ1v) is 8.67. The lowest BCUT2D eigenvalue weighted by Crippen LogP contribution is -2.36. The molecule has 2 aromatic carbocycles. The van der Waals surface area contributed by atoms with Crippen LogP contribution >= 0.6 is 0 Å². The van der Waals surface area contributed by atoms with Crippen molar-refractivity contribution in [2.75, 3.05) is 16.8 Å². The van der Waals surface area contributed by atoms with Gasteiger partial charge in [-0.1, -0.05) is 36.4 Å². The summed E-state index contributed by atoms with van der Waals surface area (Å²) < 4.78 is 0. The van der Waals surface area contributed by atoms with Crippen LogP contribution in [0.2, 0.25) is 0 Å². The molecule has 0 spiro atoms. The van der Waals surface area contributed by atoms with Gasteiger partial charge in [0.05, 0.1) is 0 Å². The Morgan fingerprint density at radius 3 is 2.54 bits per heavy atom. The molecule has 6 heteroatoms. The highest BCUT2D eigenvalue weighted by atomic mass is 16.2. The Bertz CT molecular complexity index is 805. The third kappa shape index (κ3) is 4.47. The largest absolute Gasteiger partial charge is 0.344 e. The molecule has 0 radical (unpaired) electrons. The van der Waals surface area contributed by atoms with Crippen LogP contribution in [0.15, 0.2) is 54.6 Å². The number of rotatable bonds is 4. The Balaban J connectivity index is 1.59.